The molecule has 1 fully saturated rings. The second-order valence-electron chi connectivity index (χ2n) is 5.90. The first kappa shape index (κ1) is 15.7. The van der Waals surface area contributed by atoms with Crippen LogP contribution in [0.15, 0.2) is 36.5 Å². The second-order valence-corrected chi connectivity index (χ2v) is 8.13. The van der Waals surface area contributed by atoms with Crippen molar-refractivity contribution in [2.45, 2.75) is 19.4 Å². The monoisotopic (exact) mass is 332 g/mol. The van der Waals surface area contributed by atoms with Gasteiger partial charge in [-0.1, -0.05) is 17.7 Å². The zero-order valence-corrected chi connectivity index (χ0v) is 14.0. The van der Waals surface area contributed by atoms with Crippen LogP contribution in [-0.2, 0) is 9.84 Å². The molecular weight excluding hydrogens is 312 g/mol. The van der Waals surface area contributed by atoms with Gasteiger partial charge in [0.05, 0.1) is 11.5 Å². The largest absolute Gasteiger partial charge is 0.355 e. The molecule has 3 rings (SSSR count). The fourth-order valence-corrected chi connectivity index (χ4v) is 4.41. The molecule has 23 heavy (non-hydrogen) atoms. The van der Waals surface area contributed by atoms with Crippen LogP contribution >= 0.6 is 0 Å². The minimum Gasteiger partial charge on any atom is -0.355 e. The van der Waals surface area contributed by atoms with Crippen LogP contribution in [0.5, 0.6) is 0 Å². The lowest BCUT2D eigenvalue weighted by Crippen LogP contribution is -2.33. The van der Waals surface area contributed by atoms with Gasteiger partial charge in [-0.2, -0.15) is 4.98 Å². The minimum atomic E-state index is -2.91. The fraction of sp³-hybridized carbons (Fsp3) is 0.375. The van der Waals surface area contributed by atoms with Crippen molar-refractivity contribution >= 4 is 27.3 Å². The van der Waals surface area contributed by atoms with Crippen molar-refractivity contribution in [3.8, 4) is 0 Å². The maximum absolute atomic E-state index is 11.6. The molecule has 0 bridgehead atoms. The molecule has 0 saturated carbocycles. The van der Waals surface area contributed by atoms with Gasteiger partial charge < -0.3 is 10.2 Å². The number of nitrogens with one attached hydrogen (secondary N) is 1. The Hall–Kier alpha value is -2.15. The summed E-state index contributed by atoms with van der Waals surface area (Å²) in [4.78, 5) is 10.6. The molecule has 0 spiro atoms. The highest BCUT2D eigenvalue weighted by molar-refractivity contribution is 7.91. The van der Waals surface area contributed by atoms with E-state index in [4.69, 9.17) is 0 Å². The Morgan fingerprint density at radius 3 is 2.61 bits per heavy atom. The molecule has 2 aromatic rings. The second kappa shape index (κ2) is 6.16. The Labute approximate surface area is 136 Å². The number of sulfone groups is 1. The zero-order chi connectivity index (χ0) is 16.4. The number of benzene rings is 1. The molecule has 0 radical (unpaired) electrons. The van der Waals surface area contributed by atoms with Crippen LogP contribution in [-0.4, -0.2) is 43.0 Å². The van der Waals surface area contributed by atoms with Gasteiger partial charge in [0.1, 0.15) is 5.82 Å². The Morgan fingerprint density at radius 2 is 1.96 bits per heavy atom. The van der Waals surface area contributed by atoms with Crippen molar-refractivity contribution in [1.82, 2.24) is 9.97 Å². The fourth-order valence-electron chi connectivity index (χ4n) is 2.64. The van der Waals surface area contributed by atoms with Gasteiger partial charge in [0.15, 0.2) is 9.84 Å². The number of aryl methyl sites for hydroxylation is 1. The summed E-state index contributed by atoms with van der Waals surface area (Å²) in [5.41, 5.74) is 2.10. The SMILES string of the molecule is Cc1ccc(Nc2nccc(N(C)C3CCS(=O)(=O)C3)n2)cc1. The Morgan fingerprint density at radius 1 is 1.22 bits per heavy atom. The van der Waals surface area contributed by atoms with Crippen molar-refractivity contribution in [3.05, 3.63) is 42.1 Å². The third-order valence-electron chi connectivity index (χ3n) is 4.07. The maximum atomic E-state index is 11.6. The van der Waals surface area contributed by atoms with Crippen molar-refractivity contribution in [2.75, 3.05) is 28.8 Å². The Kier molecular flexibility index (Phi) is 4.21. The molecule has 7 heteroatoms. The predicted molar refractivity (Wildman–Crippen MR) is 92.0 cm³/mol. The lowest BCUT2D eigenvalue weighted by Gasteiger charge is -2.24. The molecule has 122 valence electrons. The van der Waals surface area contributed by atoms with E-state index in [-0.39, 0.29) is 17.5 Å². The van der Waals surface area contributed by atoms with Crippen molar-refractivity contribution in [1.29, 1.82) is 0 Å². The van der Waals surface area contributed by atoms with Crippen molar-refractivity contribution in [2.24, 2.45) is 0 Å². The third kappa shape index (κ3) is 3.79. The van der Waals surface area contributed by atoms with Crippen LogP contribution in [0.4, 0.5) is 17.5 Å². The van der Waals surface area contributed by atoms with Gasteiger partial charge in [0.25, 0.3) is 0 Å². The molecule has 1 aliphatic heterocycles. The summed E-state index contributed by atoms with van der Waals surface area (Å²) >= 11 is 0. The molecule has 2 heterocycles. The average molecular weight is 332 g/mol. The molecule has 1 aliphatic rings. The molecule has 6 nitrogen and oxygen atoms in total. The number of hydrogen-bond acceptors (Lipinski definition) is 6. The standard InChI is InChI=1S/C16H20N4O2S/c1-12-3-5-13(6-4-12)18-16-17-9-7-15(19-16)20(2)14-8-10-23(21,22)11-14/h3-7,9,14H,8,10-11H2,1-2H3,(H,17,18,19). The Bertz CT molecular complexity index is 790. The molecule has 1 saturated heterocycles. The van der Waals surface area contributed by atoms with Crippen LogP contribution in [0.1, 0.15) is 12.0 Å². The zero-order valence-electron chi connectivity index (χ0n) is 13.2. The summed E-state index contributed by atoms with van der Waals surface area (Å²) in [5.74, 6) is 1.66. The van der Waals surface area contributed by atoms with E-state index in [1.807, 2.05) is 43.1 Å². The van der Waals surface area contributed by atoms with Gasteiger partial charge in [-0.3, -0.25) is 0 Å². The van der Waals surface area contributed by atoms with E-state index in [1.54, 1.807) is 12.3 Å². The number of nitrogens with zero attached hydrogens (tertiary/aromatic N) is 3. The first-order chi connectivity index (χ1) is 10.9. The number of anilines is 3. The molecule has 0 aliphatic carbocycles. The highest BCUT2D eigenvalue weighted by Crippen LogP contribution is 2.22. The van der Waals surface area contributed by atoms with Gasteiger partial charge in [-0.15, -0.1) is 0 Å². The number of hydrogen-bond donors (Lipinski definition) is 1. The van der Waals surface area contributed by atoms with Gasteiger partial charge in [0, 0.05) is 25.0 Å². The van der Waals surface area contributed by atoms with E-state index in [9.17, 15) is 8.42 Å². The van der Waals surface area contributed by atoms with E-state index in [0.717, 1.165) is 11.5 Å². The van der Waals surface area contributed by atoms with E-state index in [1.165, 1.54) is 5.56 Å². The van der Waals surface area contributed by atoms with E-state index in [2.05, 4.69) is 15.3 Å². The first-order valence-electron chi connectivity index (χ1n) is 7.53. The lowest BCUT2D eigenvalue weighted by molar-refractivity contribution is 0.600. The van der Waals surface area contributed by atoms with Gasteiger partial charge >= 0.3 is 0 Å². The third-order valence-corrected chi connectivity index (χ3v) is 5.82. The van der Waals surface area contributed by atoms with Crippen LogP contribution in [0.3, 0.4) is 0 Å². The predicted octanol–water partition coefficient (Wildman–Crippen LogP) is 2.15. The van der Waals surface area contributed by atoms with Crippen LogP contribution in [0, 0.1) is 6.92 Å². The number of aromatic nitrogens is 2. The number of rotatable bonds is 4. The van der Waals surface area contributed by atoms with Gasteiger partial charge in [-0.25, -0.2) is 13.4 Å². The smallest absolute Gasteiger partial charge is 0.229 e. The summed E-state index contributed by atoms with van der Waals surface area (Å²) in [6.07, 6.45) is 2.32. The molecule has 0 amide bonds. The van der Waals surface area contributed by atoms with Crippen molar-refractivity contribution in [3.63, 3.8) is 0 Å². The Balaban J connectivity index is 1.75. The molecule has 1 unspecified atom stereocenters. The molecule has 1 aromatic carbocycles. The van der Waals surface area contributed by atoms with Gasteiger partial charge in [0.2, 0.25) is 5.95 Å². The lowest BCUT2D eigenvalue weighted by atomic mass is 10.2. The summed E-state index contributed by atoms with van der Waals surface area (Å²) < 4.78 is 23.3. The summed E-state index contributed by atoms with van der Waals surface area (Å²) in [7, 11) is -1.03. The van der Waals surface area contributed by atoms with Gasteiger partial charge in [-0.05, 0) is 31.5 Å². The highest BCUT2D eigenvalue weighted by Gasteiger charge is 2.31. The quantitative estimate of drug-likeness (QED) is 0.925. The molecular formula is C16H20N4O2S. The van der Waals surface area contributed by atoms with Crippen LogP contribution in [0.25, 0.3) is 0 Å². The van der Waals surface area contributed by atoms with E-state index < -0.39 is 9.84 Å². The molecule has 1 aromatic heterocycles. The summed E-state index contributed by atoms with van der Waals surface area (Å²) in [6, 6.07) is 9.74. The minimum absolute atomic E-state index is 0.0258. The normalized spacial score (nSPS) is 19.5. The first-order valence-corrected chi connectivity index (χ1v) is 9.35. The van der Waals surface area contributed by atoms with E-state index in [0.29, 0.717) is 12.4 Å². The van der Waals surface area contributed by atoms with Crippen LogP contribution in [0.2, 0.25) is 0 Å². The summed E-state index contributed by atoms with van der Waals surface area (Å²) in [6.45, 7) is 2.03. The average Bonchev–Trinajstić information content (AvgIpc) is 2.89. The van der Waals surface area contributed by atoms with E-state index >= 15 is 0 Å². The maximum Gasteiger partial charge on any atom is 0.229 e. The summed E-state index contributed by atoms with van der Waals surface area (Å²) in [5, 5.41) is 3.17. The topological polar surface area (TPSA) is 75.2 Å². The van der Waals surface area contributed by atoms with Crippen LogP contribution < -0.4 is 10.2 Å². The molecule has 1 N–H and O–H groups in total. The molecule has 1 atom stereocenters. The highest BCUT2D eigenvalue weighted by atomic mass is 32.2. The van der Waals surface area contributed by atoms with Crippen molar-refractivity contribution < 1.29 is 8.42 Å².